The molecule has 1 saturated heterocycles. The van der Waals surface area contributed by atoms with E-state index in [2.05, 4.69) is 5.32 Å². The van der Waals surface area contributed by atoms with Crippen LogP contribution in [0.3, 0.4) is 0 Å². The van der Waals surface area contributed by atoms with E-state index in [4.69, 9.17) is 4.74 Å². The quantitative estimate of drug-likeness (QED) is 0.698. The summed E-state index contributed by atoms with van der Waals surface area (Å²) in [6, 6.07) is 4.66. The number of methoxy groups -OCH3 is 1. The highest BCUT2D eigenvalue weighted by molar-refractivity contribution is 5.86. The van der Waals surface area contributed by atoms with E-state index in [9.17, 15) is 19.4 Å². The molecule has 3 N–H and O–H groups in total. The van der Waals surface area contributed by atoms with Crippen LogP contribution < -0.4 is 10.1 Å². The number of hydrogen-bond acceptors (Lipinski definition) is 5. The van der Waals surface area contributed by atoms with E-state index in [1.807, 2.05) is 0 Å². The minimum atomic E-state index is -1.47. The lowest BCUT2D eigenvalue weighted by atomic mass is 9.89. The lowest BCUT2D eigenvalue weighted by Crippen LogP contribution is -2.59. The molecule has 1 atom stereocenters. The summed E-state index contributed by atoms with van der Waals surface area (Å²) in [7, 11) is 1.51. The molecule has 0 radical (unpaired) electrons. The Morgan fingerprint density at radius 3 is 2.78 bits per heavy atom. The number of amides is 1. The lowest BCUT2D eigenvalue weighted by molar-refractivity contribution is -0.157. The first-order chi connectivity index (χ1) is 12.9. The van der Waals surface area contributed by atoms with Crippen molar-refractivity contribution in [3.8, 4) is 5.75 Å². The number of ether oxygens (including phenoxy) is 1. The van der Waals surface area contributed by atoms with Gasteiger partial charge in [-0.1, -0.05) is 0 Å². The van der Waals surface area contributed by atoms with Crippen LogP contribution in [0.15, 0.2) is 18.2 Å². The van der Waals surface area contributed by atoms with Crippen molar-refractivity contribution in [2.75, 3.05) is 20.2 Å². The van der Waals surface area contributed by atoms with E-state index in [0.717, 1.165) is 25.7 Å². The zero-order valence-corrected chi connectivity index (χ0v) is 15.8. The van der Waals surface area contributed by atoms with Crippen LogP contribution in [-0.4, -0.2) is 59.0 Å². The van der Waals surface area contributed by atoms with Gasteiger partial charge in [0.05, 0.1) is 13.2 Å². The second-order valence-corrected chi connectivity index (χ2v) is 7.71. The molecule has 1 aliphatic carbocycles. The number of nitrogens with one attached hydrogen (secondary N) is 1. The van der Waals surface area contributed by atoms with Crippen molar-refractivity contribution in [1.29, 1.82) is 0 Å². The van der Waals surface area contributed by atoms with Crippen LogP contribution in [0, 0.1) is 5.82 Å². The molecule has 1 aromatic rings. The third-order valence-electron chi connectivity index (χ3n) is 5.70. The Morgan fingerprint density at radius 2 is 2.07 bits per heavy atom. The number of piperidine rings is 1. The molecule has 0 aromatic heterocycles. The zero-order valence-electron chi connectivity index (χ0n) is 15.8. The van der Waals surface area contributed by atoms with Crippen LogP contribution in [0.4, 0.5) is 4.39 Å². The smallest absolute Gasteiger partial charge is 0.256 e. The average Bonchev–Trinajstić information content (AvgIpc) is 2.67. The highest BCUT2D eigenvalue weighted by Gasteiger charge is 2.42. The van der Waals surface area contributed by atoms with E-state index in [1.165, 1.54) is 24.1 Å². The molecule has 0 unspecified atom stereocenters. The molecule has 7 heteroatoms. The standard InChI is InChI=1S/C20H29FN2O4/c1-27-17-7-8-18(21)14(11-17)12-23-10-2-9-20(26,19(23)25)13-22-15-3-5-16(24)6-4-15/h7-8,11,15-16,22,24,26H,2-6,9-10,12-13H2,1H3/t15?,16?,20-/m1/s1. The van der Waals surface area contributed by atoms with Gasteiger partial charge in [0.25, 0.3) is 5.91 Å². The van der Waals surface area contributed by atoms with Gasteiger partial charge in [0.2, 0.25) is 0 Å². The summed E-state index contributed by atoms with van der Waals surface area (Å²) in [5, 5.41) is 23.8. The van der Waals surface area contributed by atoms with Gasteiger partial charge in [0.15, 0.2) is 5.60 Å². The Balaban J connectivity index is 1.62. The third-order valence-corrected chi connectivity index (χ3v) is 5.70. The van der Waals surface area contributed by atoms with Crippen molar-refractivity contribution in [2.45, 2.75) is 62.8 Å². The van der Waals surface area contributed by atoms with E-state index < -0.39 is 11.4 Å². The molecular formula is C20H29FN2O4. The minimum absolute atomic E-state index is 0.111. The zero-order chi connectivity index (χ0) is 19.4. The molecule has 1 amide bonds. The molecule has 27 heavy (non-hydrogen) atoms. The third kappa shape index (κ3) is 4.78. The molecule has 1 heterocycles. The Hall–Kier alpha value is -1.70. The van der Waals surface area contributed by atoms with Gasteiger partial charge >= 0.3 is 0 Å². The lowest BCUT2D eigenvalue weighted by Gasteiger charge is -2.39. The summed E-state index contributed by atoms with van der Waals surface area (Å²) in [6.07, 6.45) is 3.98. The van der Waals surface area contributed by atoms with Gasteiger partial charge in [0, 0.05) is 31.2 Å². The van der Waals surface area contributed by atoms with Gasteiger partial charge in [0.1, 0.15) is 11.6 Å². The van der Waals surface area contributed by atoms with Crippen LogP contribution in [-0.2, 0) is 11.3 Å². The molecule has 0 bridgehead atoms. The molecule has 6 nitrogen and oxygen atoms in total. The monoisotopic (exact) mass is 380 g/mol. The predicted octanol–water partition coefficient (Wildman–Crippen LogP) is 1.58. The summed E-state index contributed by atoms with van der Waals surface area (Å²) in [5.41, 5.74) is -1.09. The average molecular weight is 380 g/mol. The number of carbonyl (C=O) groups excluding carboxylic acids is 1. The molecule has 0 spiro atoms. The molecule has 2 aliphatic rings. The van der Waals surface area contributed by atoms with Gasteiger partial charge in [-0.3, -0.25) is 4.79 Å². The van der Waals surface area contributed by atoms with Crippen molar-refractivity contribution in [1.82, 2.24) is 10.2 Å². The summed E-state index contributed by atoms with van der Waals surface area (Å²) >= 11 is 0. The number of likely N-dealkylation sites (tertiary alicyclic amines) is 1. The van der Waals surface area contributed by atoms with Gasteiger partial charge < -0.3 is 25.2 Å². The molecule has 3 rings (SSSR count). The van der Waals surface area contributed by atoms with Crippen LogP contribution in [0.2, 0.25) is 0 Å². The number of aliphatic hydroxyl groups is 2. The topological polar surface area (TPSA) is 82.0 Å². The van der Waals surface area contributed by atoms with Gasteiger partial charge in [-0.25, -0.2) is 4.39 Å². The molecule has 1 aliphatic heterocycles. The van der Waals surface area contributed by atoms with E-state index in [0.29, 0.717) is 30.7 Å². The maximum Gasteiger partial charge on any atom is 0.256 e. The second-order valence-electron chi connectivity index (χ2n) is 7.71. The highest BCUT2D eigenvalue weighted by Crippen LogP contribution is 2.27. The molecular weight excluding hydrogens is 351 g/mol. The largest absolute Gasteiger partial charge is 0.497 e. The van der Waals surface area contributed by atoms with E-state index in [1.54, 1.807) is 6.07 Å². The van der Waals surface area contributed by atoms with Crippen molar-refractivity contribution < 1.29 is 24.1 Å². The van der Waals surface area contributed by atoms with Gasteiger partial charge in [-0.2, -0.15) is 0 Å². The summed E-state index contributed by atoms with van der Waals surface area (Å²) in [4.78, 5) is 14.4. The maximum atomic E-state index is 14.1. The number of benzene rings is 1. The first-order valence-electron chi connectivity index (χ1n) is 9.67. The fourth-order valence-corrected chi connectivity index (χ4v) is 3.98. The normalized spacial score (nSPS) is 29.0. The molecule has 2 fully saturated rings. The fraction of sp³-hybridized carbons (Fsp3) is 0.650. The maximum absolute atomic E-state index is 14.1. The fourth-order valence-electron chi connectivity index (χ4n) is 3.98. The van der Waals surface area contributed by atoms with E-state index in [-0.39, 0.29) is 31.1 Å². The Kier molecular flexibility index (Phi) is 6.34. The molecule has 1 aromatic carbocycles. The van der Waals surface area contributed by atoms with Crippen molar-refractivity contribution >= 4 is 5.91 Å². The summed E-state index contributed by atoms with van der Waals surface area (Å²) < 4.78 is 19.2. The SMILES string of the molecule is COc1ccc(F)c(CN2CCC[C@@](O)(CNC3CCC(O)CC3)C2=O)c1. The van der Waals surface area contributed by atoms with Crippen LogP contribution >= 0.6 is 0 Å². The number of halogens is 1. The summed E-state index contributed by atoms with van der Waals surface area (Å²) in [6.45, 7) is 0.789. The first-order valence-corrected chi connectivity index (χ1v) is 9.67. The summed E-state index contributed by atoms with van der Waals surface area (Å²) in [5.74, 6) is -0.219. The van der Waals surface area contributed by atoms with Gasteiger partial charge in [-0.15, -0.1) is 0 Å². The Morgan fingerprint density at radius 1 is 1.33 bits per heavy atom. The number of nitrogens with zero attached hydrogens (tertiary/aromatic N) is 1. The second kappa shape index (κ2) is 8.54. The Labute approximate surface area is 159 Å². The van der Waals surface area contributed by atoms with Crippen LogP contribution in [0.1, 0.15) is 44.1 Å². The highest BCUT2D eigenvalue weighted by atomic mass is 19.1. The predicted molar refractivity (Wildman–Crippen MR) is 98.8 cm³/mol. The van der Waals surface area contributed by atoms with Crippen molar-refractivity contribution in [2.24, 2.45) is 0 Å². The molecule has 150 valence electrons. The molecule has 1 saturated carbocycles. The Bertz CT molecular complexity index is 663. The van der Waals surface area contributed by atoms with Gasteiger partial charge in [-0.05, 0) is 56.7 Å². The van der Waals surface area contributed by atoms with Crippen molar-refractivity contribution in [3.05, 3.63) is 29.6 Å². The van der Waals surface area contributed by atoms with E-state index >= 15 is 0 Å². The number of rotatable bonds is 6. The number of carbonyl (C=O) groups is 1. The van der Waals surface area contributed by atoms with Crippen molar-refractivity contribution in [3.63, 3.8) is 0 Å². The van der Waals surface area contributed by atoms with Crippen LogP contribution in [0.25, 0.3) is 0 Å². The van der Waals surface area contributed by atoms with Crippen LogP contribution in [0.5, 0.6) is 5.75 Å². The first kappa shape index (κ1) is 20.0. The minimum Gasteiger partial charge on any atom is -0.497 e. The number of hydrogen-bond donors (Lipinski definition) is 3. The number of aliphatic hydroxyl groups excluding tert-OH is 1.